The average molecular weight is 284 g/mol. The summed E-state index contributed by atoms with van der Waals surface area (Å²) in [6.07, 6.45) is 1.18. The van der Waals surface area contributed by atoms with Crippen molar-refractivity contribution in [2.24, 2.45) is 0 Å². The van der Waals surface area contributed by atoms with Crippen molar-refractivity contribution in [3.8, 4) is 11.8 Å². The lowest BCUT2D eigenvalue weighted by Crippen LogP contribution is -2.42. The number of aliphatic hydroxyl groups is 1. The van der Waals surface area contributed by atoms with Crippen molar-refractivity contribution in [2.75, 3.05) is 13.2 Å². The smallest absolute Gasteiger partial charge is 0.387 e. The van der Waals surface area contributed by atoms with Gasteiger partial charge in [0.15, 0.2) is 0 Å². The summed E-state index contributed by atoms with van der Waals surface area (Å²) >= 11 is 0. The van der Waals surface area contributed by atoms with Gasteiger partial charge in [-0.1, -0.05) is 12.1 Å². The van der Waals surface area contributed by atoms with Crippen LogP contribution in [0.4, 0.5) is 8.78 Å². The number of hydrogen-bond acceptors (Lipinski definition) is 4. The third-order valence-electron chi connectivity index (χ3n) is 2.94. The molecule has 0 aliphatic heterocycles. The Hall–Kier alpha value is -1.71. The van der Waals surface area contributed by atoms with Crippen LogP contribution >= 0.6 is 0 Å². The number of benzene rings is 1. The SMILES string of the molecule is CC(C#N)(CCc1ccc(OC(F)F)cc1)NCCO. The summed E-state index contributed by atoms with van der Waals surface area (Å²) < 4.78 is 28.3. The van der Waals surface area contributed by atoms with Crippen LogP contribution in [0.3, 0.4) is 0 Å². The van der Waals surface area contributed by atoms with E-state index in [1.165, 1.54) is 12.1 Å². The van der Waals surface area contributed by atoms with Crippen molar-refractivity contribution < 1.29 is 18.6 Å². The van der Waals surface area contributed by atoms with Crippen molar-refractivity contribution in [1.82, 2.24) is 5.32 Å². The minimum atomic E-state index is -2.83. The van der Waals surface area contributed by atoms with Crippen LogP contribution in [-0.2, 0) is 6.42 Å². The minimum absolute atomic E-state index is 0.0308. The number of rotatable bonds is 8. The number of aliphatic hydroxyl groups excluding tert-OH is 1. The largest absolute Gasteiger partial charge is 0.435 e. The van der Waals surface area contributed by atoms with E-state index in [2.05, 4.69) is 16.1 Å². The molecule has 0 amide bonds. The van der Waals surface area contributed by atoms with Crippen LogP contribution in [0.2, 0.25) is 0 Å². The highest BCUT2D eigenvalue weighted by molar-refractivity contribution is 5.27. The second kappa shape index (κ2) is 7.78. The highest BCUT2D eigenvalue weighted by Crippen LogP contribution is 2.18. The molecular weight excluding hydrogens is 266 g/mol. The maximum absolute atomic E-state index is 12.0. The Morgan fingerprint density at radius 1 is 1.40 bits per heavy atom. The first-order chi connectivity index (χ1) is 9.49. The molecule has 0 aromatic heterocycles. The molecule has 2 N–H and O–H groups in total. The van der Waals surface area contributed by atoms with Crippen molar-refractivity contribution in [3.63, 3.8) is 0 Å². The zero-order valence-electron chi connectivity index (χ0n) is 11.3. The van der Waals surface area contributed by atoms with E-state index >= 15 is 0 Å². The number of nitrogens with one attached hydrogen (secondary N) is 1. The molecule has 1 atom stereocenters. The van der Waals surface area contributed by atoms with Gasteiger partial charge in [0, 0.05) is 6.54 Å². The zero-order chi connectivity index (χ0) is 15.0. The first-order valence-corrected chi connectivity index (χ1v) is 6.30. The van der Waals surface area contributed by atoms with Gasteiger partial charge in [0.25, 0.3) is 0 Å². The van der Waals surface area contributed by atoms with E-state index in [0.29, 0.717) is 19.4 Å². The summed E-state index contributed by atoms with van der Waals surface area (Å²) in [7, 11) is 0. The third-order valence-corrected chi connectivity index (χ3v) is 2.94. The van der Waals surface area contributed by atoms with Crippen molar-refractivity contribution in [2.45, 2.75) is 31.9 Å². The molecule has 0 saturated heterocycles. The topological polar surface area (TPSA) is 65.3 Å². The number of nitriles is 1. The van der Waals surface area contributed by atoms with Gasteiger partial charge in [-0.2, -0.15) is 14.0 Å². The Bertz CT molecular complexity index is 445. The Morgan fingerprint density at radius 2 is 2.05 bits per heavy atom. The normalized spacial score (nSPS) is 13.8. The zero-order valence-corrected chi connectivity index (χ0v) is 11.3. The molecule has 20 heavy (non-hydrogen) atoms. The van der Waals surface area contributed by atoms with Crippen molar-refractivity contribution in [3.05, 3.63) is 29.8 Å². The van der Waals surface area contributed by atoms with Gasteiger partial charge >= 0.3 is 6.61 Å². The number of alkyl halides is 2. The van der Waals surface area contributed by atoms with E-state index in [0.717, 1.165) is 5.56 Å². The lowest BCUT2D eigenvalue weighted by molar-refractivity contribution is -0.0498. The third kappa shape index (κ3) is 5.51. The summed E-state index contributed by atoms with van der Waals surface area (Å²) in [6.45, 7) is -0.746. The molecule has 1 unspecified atom stereocenters. The highest BCUT2D eigenvalue weighted by atomic mass is 19.3. The second-order valence-electron chi connectivity index (χ2n) is 4.62. The average Bonchev–Trinajstić information content (AvgIpc) is 2.44. The van der Waals surface area contributed by atoms with Crippen molar-refractivity contribution >= 4 is 0 Å². The molecule has 0 radical (unpaired) electrons. The molecule has 0 fully saturated rings. The number of halogens is 2. The Labute approximate surface area is 117 Å². The van der Waals surface area contributed by atoms with E-state index < -0.39 is 12.2 Å². The molecule has 110 valence electrons. The number of ether oxygens (including phenoxy) is 1. The first kappa shape index (κ1) is 16.3. The van der Waals surface area contributed by atoms with Gasteiger partial charge in [-0.15, -0.1) is 0 Å². The van der Waals surface area contributed by atoms with Crippen LogP contribution in [0, 0.1) is 11.3 Å². The molecule has 0 heterocycles. The fourth-order valence-corrected chi connectivity index (χ4v) is 1.75. The van der Waals surface area contributed by atoms with Crippen molar-refractivity contribution in [1.29, 1.82) is 5.26 Å². The minimum Gasteiger partial charge on any atom is -0.435 e. The fraction of sp³-hybridized carbons (Fsp3) is 0.500. The fourth-order valence-electron chi connectivity index (χ4n) is 1.75. The van der Waals surface area contributed by atoms with Gasteiger partial charge in [0.1, 0.15) is 11.3 Å². The van der Waals surface area contributed by atoms with E-state index in [-0.39, 0.29) is 12.4 Å². The van der Waals surface area contributed by atoms with Crippen LogP contribution in [0.15, 0.2) is 24.3 Å². The predicted octanol–water partition coefficient (Wildman–Crippen LogP) is 2.08. The molecule has 1 aromatic carbocycles. The van der Waals surface area contributed by atoms with Gasteiger partial charge in [-0.25, -0.2) is 0 Å². The van der Waals surface area contributed by atoms with Gasteiger partial charge in [0.05, 0.1) is 12.7 Å². The second-order valence-corrected chi connectivity index (χ2v) is 4.62. The molecule has 0 saturated carbocycles. The number of aryl methyl sites for hydroxylation is 1. The lowest BCUT2D eigenvalue weighted by atomic mass is 9.94. The first-order valence-electron chi connectivity index (χ1n) is 6.30. The predicted molar refractivity (Wildman–Crippen MR) is 70.5 cm³/mol. The van der Waals surface area contributed by atoms with Gasteiger partial charge < -0.3 is 9.84 Å². The summed E-state index contributed by atoms with van der Waals surface area (Å²) in [5.41, 5.74) is 0.208. The van der Waals surface area contributed by atoms with E-state index in [9.17, 15) is 8.78 Å². The molecule has 6 heteroatoms. The van der Waals surface area contributed by atoms with Crippen LogP contribution in [0.5, 0.6) is 5.75 Å². The molecule has 1 rings (SSSR count). The summed E-state index contributed by atoms with van der Waals surface area (Å²) in [5.74, 6) is 0.116. The number of hydrogen-bond donors (Lipinski definition) is 2. The van der Waals surface area contributed by atoms with Crippen LogP contribution in [-0.4, -0.2) is 30.4 Å². The molecule has 1 aromatic rings. The van der Waals surface area contributed by atoms with Crippen LogP contribution in [0.25, 0.3) is 0 Å². The molecule has 0 aliphatic rings. The van der Waals surface area contributed by atoms with Crippen LogP contribution in [0.1, 0.15) is 18.9 Å². The summed E-state index contributed by atoms with van der Waals surface area (Å²) in [5, 5.41) is 20.9. The van der Waals surface area contributed by atoms with Gasteiger partial charge in [0.2, 0.25) is 0 Å². The van der Waals surface area contributed by atoms with E-state index in [1.807, 2.05) is 0 Å². The Balaban J connectivity index is 2.54. The van der Waals surface area contributed by atoms with Crippen LogP contribution < -0.4 is 10.1 Å². The number of β-amino-alcohol motifs (C(OH)–C–C–N with tert-alkyl or cyclic N) is 1. The lowest BCUT2D eigenvalue weighted by Gasteiger charge is -2.22. The standard InChI is InChI=1S/C14H18F2N2O2/c1-14(10-17,18-8-9-19)7-6-11-2-4-12(5-3-11)20-13(15)16/h2-5,13,18-19H,6-9H2,1H3. The maximum atomic E-state index is 12.0. The van der Waals surface area contributed by atoms with Gasteiger partial charge in [-0.3, -0.25) is 5.32 Å². The molecule has 0 bridgehead atoms. The summed E-state index contributed by atoms with van der Waals surface area (Å²) in [6, 6.07) is 8.52. The number of nitrogens with zero attached hydrogens (tertiary/aromatic N) is 1. The van der Waals surface area contributed by atoms with Gasteiger partial charge in [-0.05, 0) is 37.5 Å². The molecule has 0 spiro atoms. The molecular formula is C14H18F2N2O2. The summed E-state index contributed by atoms with van der Waals surface area (Å²) in [4.78, 5) is 0. The van der Waals surface area contributed by atoms with E-state index in [1.54, 1.807) is 19.1 Å². The van der Waals surface area contributed by atoms with E-state index in [4.69, 9.17) is 10.4 Å². The Kier molecular flexibility index (Phi) is 6.36. The monoisotopic (exact) mass is 284 g/mol. The molecule has 0 aliphatic carbocycles. The molecule has 4 nitrogen and oxygen atoms in total. The highest BCUT2D eigenvalue weighted by Gasteiger charge is 2.22. The quantitative estimate of drug-likeness (QED) is 0.767. The Morgan fingerprint density at radius 3 is 2.55 bits per heavy atom. The maximum Gasteiger partial charge on any atom is 0.387 e.